The molecule has 3 nitrogen and oxygen atoms in total. The largest absolute Gasteiger partial charge is 0.340 e. The van der Waals surface area contributed by atoms with Crippen LogP contribution in [0.5, 0.6) is 0 Å². The number of hydrogen-bond donors (Lipinski definition) is 1. The Morgan fingerprint density at radius 2 is 2.00 bits per heavy atom. The van der Waals surface area contributed by atoms with Crippen LogP contribution in [-0.4, -0.2) is 15.0 Å². The summed E-state index contributed by atoms with van der Waals surface area (Å²) in [6.07, 6.45) is 0.981. The molecule has 2 rings (SSSR count). The van der Waals surface area contributed by atoms with Gasteiger partial charge in [-0.3, -0.25) is 0 Å². The summed E-state index contributed by atoms with van der Waals surface area (Å²) in [6, 6.07) is 2.08. The van der Waals surface area contributed by atoms with Crippen molar-refractivity contribution < 1.29 is 0 Å². The van der Waals surface area contributed by atoms with Gasteiger partial charge in [-0.05, 0) is 31.4 Å². The molecule has 0 fully saturated rings. The van der Waals surface area contributed by atoms with Gasteiger partial charge in [0.05, 0.1) is 5.52 Å². The van der Waals surface area contributed by atoms with Crippen molar-refractivity contribution in [3.8, 4) is 0 Å². The topological polar surface area (TPSA) is 41.6 Å². The van der Waals surface area contributed by atoms with Crippen molar-refractivity contribution in [2.75, 3.05) is 0 Å². The SMILES string of the molecule is Cc1cc(C)c2[nH]c(CC(C)C)nc2n1. The minimum absolute atomic E-state index is 0.618. The zero-order valence-electron chi connectivity index (χ0n) is 9.76. The van der Waals surface area contributed by atoms with Crippen LogP contribution in [0.2, 0.25) is 0 Å². The van der Waals surface area contributed by atoms with Crippen molar-refractivity contribution in [3.05, 3.63) is 23.1 Å². The van der Waals surface area contributed by atoms with Crippen molar-refractivity contribution in [2.45, 2.75) is 34.1 Å². The molecule has 2 aromatic heterocycles. The maximum absolute atomic E-state index is 4.51. The van der Waals surface area contributed by atoms with Crippen LogP contribution in [0.1, 0.15) is 30.9 Å². The molecule has 0 aliphatic carbocycles. The molecule has 0 aliphatic heterocycles. The maximum atomic E-state index is 4.51. The van der Waals surface area contributed by atoms with E-state index in [2.05, 4.69) is 41.8 Å². The number of aryl methyl sites for hydroxylation is 2. The van der Waals surface area contributed by atoms with Gasteiger partial charge in [0.25, 0.3) is 0 Å². The lowest BCUT2D eigenvalue weighted by Gasteiger charge is -1.98. The van der Waals surface area contributed by atoms with Gasteiger partial charge in [-0.2, -0.15) is 0 Å². The summed E-state index contributed by atoms with van der Waals surface area (Å²) in [5.74, 6) is 1.66. The van der Waals surface area contributed by atoms with Crippen LogP contribution in [0, 0.1) is 19.8 Å². The van der Waals surface area contributed by atoms with Gasteiger partial charge in [-0.1, -0.05) is 13.8 Å². The third-order valence-electron chi connectivity index (χ3n) is 2.44. The second-order valence-electron chi connectivity index (χ2n) is 4.56. The second-order valence-corrected chi connectivity index (χ2v) is 4.56. The molecule has 15 heavy (non-hydrogen) atoms. The Balaban J connectivity index is 2.50. The molecule has 0 amide bonds. The third-order valence-corrected chi connectivity index (χ3v) is 2.44. The molecule has 0 saturated carbocycles. The van der Waals surface area contributed by atoms with E-state index in [1.807, 2.05) is 6.92 Å². The molecule has 0 bridgehead atoms. The minimum Gasteiger partial charge on any atom is -0.340 e. The highest BCUT2D eigenvalue weighted by Gasteiger charge is 2.08. The summed E-state index contributed by atoms with van der Waals surface area (Å²) in [4.78, 5) is 12.3. The molecule has 0 aromatic carbocycles. The average molecular weight is 203 g/mol. The first-order valence-corrected chi connectivity index (χ1v) is 5.39. The number of rotatable bonds is 2. The number of imidazole rings is 1. The molecule has 0 spiro atoms. The molecule has 0 saturated heterocycles. The van der Waals surface area contributed by atoms with Crippen LogP contribution in [-0.2, 0) is 6.42 Å². The first kappa shape index (κ1) is 10.1. The summed E-state index contributed by atoms with van der Waals surface area (Å²) < 4.78 is 0. The fourth-order valence-corrected chi connectivity index (χ4v) is 1.84. The summed E-state index contributed by atoms with van der Waals surface area (Å²) in [5.41, 5.74) is 4.18. The Morgan fingerprint density at radius 3 is 2.67 bits per heavy atom. The molecule has 80 valence electrons. The van der Waals surface area contributed by atoms with E-state index >= 15 is 0 Å². The maximum Gasteiger partial charge on any atom is 0.178 e. The number of fused-ring (bicyclic) bond motifs is 1. The first-order valence-electron chi connectivity index (χ1n) is 5.39. The summed E-state index contributed by atoms with van der Waals surface area (Å²) in [5, 5.41) is 0. The Labute approximate surface area is 90.0 Å². The fourth-order valence-electron chi connectivity index (χ4n) is 1.84. The smallest absolute Gasteiger partial charge is 0.178 e. The Morgan fingerprint density at radius 1 is 1.27 bits per heavy atom. The molecular weight excluding hydrogens is 186 g/mol. The molecular formula is C12H17N3. The number of H-pyrrole nitrogens is 1. The zero-order chi connectivity index (χ0) is 11.0. The number of aromatic amines is 1. The van der Waals surface area contributed by atoms with Crippen molar-refractivity contribution in [3.63, 3.8) is 0 Å². The third kappa shape index (κ3) is 2.01. The van der Waals surface area contributed by atoms with E-state index in [0.717, 1.165) is 29.1 Å². The Hall–Kier alpha value is -1.38. The summed E-state index contributed by atoms with van der Waals surface area (Å²) in [7, 11) is 0. The number of aromatic nitrogens is 3. The number of nitrogens with zero attached hydrogens (tertiary/aromatic N) is 2. The predicted octanol–water partition coefficient (Wildman–Crippen LogP) is 2.77. The van der Waals surface area contributed by atoms with E-state index in [0.29, 0.717) is 5.92 Å². The van der Waals surface area contributed by atoms with Gasteiger partial charge in [0.1, 0.15) is 5.82 Å². The molecule has 0 atom stereocenters. The van der Waals surface area contributed by atoms with Crippen LogP contribution in [0.25, 0.3) is 11.2 Å². The zero-order valence-corrected chi connectivity index (χ0v) is 9.76. The Kier molecular flexibility index (Phi) is 2.47. The lowest BCUT2D eigenvalue weighted by atomic mass is 10.1. The molecule has 3 heteroatoms. The summed E-state index contributed by atoms with van der Waals surface area (Å²) >= 11 is 0. The summed E-state index contributed by atoms with van der Waals surface area (Å²) in [6.45, 7) is 8.48. The van der Waals surface area contributed by atoms with Crippen molar-refractivity contribution in [1.82, 2.24) is 15.0 Å². The van der Waals surface area contributed by atoms with E-state index in [1.54, 1.807) is 0 Å². The fraction of sp³-hybridized carbons (Fsp3) is 0.500. The normalized spacial score (nSPS) is 11.5. The highest BCUT2D eigenvalue weighted by atomic mass is 15.0. The van der Waals surface area contributed by atoms with Crippen molar-refractivity contribution in [2.24, 2.45) is 5.92 Å². The predicted molar refractivity (Wildman–Crippen MR) is 61.9 cm³/mol. The van der Waals surface area contributed by atoms with E-state index in [9.17, 15) is 0 Å². The lowest BCUT2D eigenvalue weighted by molar-refractivity contribution is 0.627. The molecule has 1 N–H and O–H groups in total. The molecule has 0 radical (unpaired) electrons. The number of pyridine rings is 1. The van der Waals surface area contributed by atoms with Crippen LogP contribution < -0.4 is 0 Å². The van der Waals surface area contributed by atoms with Gasteiger partial charge in [-0.15, -0.1) is 0 Å². The van der Waals surface area contributed by atoms with Crippen LogP contribution >= 0.6 is 0 Å². The quantitative estimate of drug-likeness (QED) is 0.815. The number of hydrogen-bond acceptors (Lipinski definition) is 2. The lowest BCUT2D eigenvalue weighted by Crippen LogP contribution is -1.95. The second kappa shape index (κ2) is 3.65. The first-order chi connectivity index (χ1) is 7.06. The Bertz CT molecular complexity index is 483. The van der Waals surface area contributed by atoms with Crippen LogP contribution in [0.4, 0.5) is 0 Å². The molecule has 2 heterocycles. The van der Waals surface area contributed by atoms with Gasteiger partial charge in [-0.25, -0.2) is 9.97 Å². The van der Waals surface area contributed by atoms with Gasteiger partial charge >= 0.3 is 0 Å². The van der Waals surface area contributed by atoms with Gasteiger partial charge in [0, 0.05) is 12.1 Å². The van der Waals surface area contributed by atoms with E-state index in [4.69, 9.17) is 0 Å². The highest BCUT2D eigenvalue weighted by Crippen LogP contribution is 2.16. The van der Waals surface area contributed by atoms with E-state index < -0.39 is 0 Å². The van der Waals surface area contributed by atoms with E-state index in [-0.39, 0.29) is 0 Å². The van der Waals surface area contributed by atoms with Crippen LogP contribution in [0.15, 0.2) is 6.07 Å². The monoisotopic (exact) mass is 203 g/mol. The number of nitrogens with one attached hydrogen (secondary N) is 1. The van der Waals surface area contributed by atoms with Gasteiger partial charge in [0.15, 0.2) is 5.65 Å². The standard InChI is InChI=1S/C12H17N3/c1-7(2)5-10-14-11-8(3)6-9(4)13-12(11)15-10/h6-7H,5H2,1-4H3,(H,13,14,15). The van der Waals surface area contributed by atoms with Gasteiger partial charge in [0.2, 0.25) is 0 Å². The molecule has 0 unspecified atom stereocenters. The minimum atomic E-state index is 0.618. The molecule has 0 aliphatic rings. The van der Waals surface area contributed by atoms with E-state index in [1.165, 1.54) is 5.56 Å². The average Bonchev–Trinajstić information content (AvgIpc) is 2.45. The van der Waals surface area contributed by atoms with Crippen molar-refractivity contribution in [1.29, 1.82) is 0 Å². The van der Waals surface area contributed by atoms with Gasteiger partial charge < -0.3 is 4.98 Å². The van der Waals surface area contributed by atoms with Crippen molar-refractivity contribution >= 4 is 11.2 Å². The highest BCUT2D eigenvalue weighted by molar-refractivity contribution is 5.74. The molecule has 2 aromatic rings. The van der Waals surface area contributed by atoms with Crippen LogP contribution in [0.3, 0.4) is 0 Å².